The quantitative estimate of drug-likeness (QED) is 0.700. The zero-order valence-electron chi connectivity index (χ0n) is 15.4. The van der Waals surface area contributed by atoms with Crippen LogP contribution in [0.1, 0.15) is 24.2 Å². The summed E-state index contributed by atoms with van der Waals surface area (Å²) in [6.07, 6.45) is 1.02. The number of anilines is 2. The molecule has 2 aromatic carbocycles. The Kier molecular flexibility index (Phi) is 6.57. The molecule has 144 valence electrons. The minimum Gasteiger partial charge on any atom is -0.494 e. The Balaban J connectivity index is 2.13. The Labute approximate surface area is 159 Å². The zero-order chi connectivity index (χ0) is 20.0. The van der Waals surface area contributed by atoms with Crippen LogP contribution in [0.25, 0.3) is 0 Å². The number of amides is 1. The van der Waals surface area contributed by atoms with Crippen LogP contribution < -0.4 is 14.4 Å². The van der Waals surface area contributed by atoms with E-state index in [2.05, 4.69) is 5.32 Å². The van der Waals surface area contributed by atoms with Crippen LogP contribution in [0.2, 0.25) is 0 Å². The van der Waals surface area contributed by atoms with Gasteiger partial charge >= 0.3 is 0 Å². The highest BCUT2D eigenvalue weighted by Crippen LogP contribution is 2.20. The maximum absolute atomic E-state index is 12.3. The Hall–Kier alpha value is -2.87. The molecule has 2 rings (SSSR count). The van der Waals surface area contributed by atoms with Gasteiger partial charge in [-0.05, 0) is 62.4 Å². The molecule has 0 aromatic heterocycles. The first-order chi connectivity index (χ1) is 12.7. The lowest BCUT2D eigenvalue weighted by molar-refractivity contribution is -0.114. The summed E-state index contributed by atoms with van der Waals surface area (Å²) in [6, 6.07) is 12.8. The summed E-state index contributed by atoms with van der Waals surface area (Å²) in [4.78, 5) is 23.7. The molecule has 0 atom stereocenters. The van der Waals surface area contributed by atoms with E-state index in [1.807, 2.05) is 6.92 Å². The van der Waals surface area contributed by atoms with Gasteiger partial charge in [-0.2, -0.15) is 0 Å². The number of hydrogen-bond donors (Lipinski definition) is 1. The molecule has 0 spiro atoms. The molecule has 1 N–H and O–H groups in total. The lowest BCUT2D eigenvalue weighted by atomic mass is 10.1. The van der Waals surface area contributed by atoms with Gasteiger partial charge in [0.25, 0.3) is 0 Å². The van der Waals surface area contributed by atoms with Crippen LogP contribution in [0, 0.1) is 0 Å². The molecule has 2 aromatic rings. The van der Waals surface area contributed by atoms with Crippen molar-refractivity contribution in [1.82, 2.24) is 0 Å². The third-order valence-corrected chi connectivity index (χ3v) is 4.84. The molecule has 1 amide bonds. The van der Waals surface area contributed by atoms with Crippen molar-refractivity contribution in [3.8, 4) is 5.75 Å². The average Bonchev–Trinajstić information content (AvgIpc) is 2.61. The Bertz CT molecular complexity index is 906. The molecular formula is C19H22N2O5S. The smallest absolute Gasteiger partial charge is 0.245 e. The van der Waals surface area contributed by atoms with Crippen molar-refractivity contribution < 1.29 is 22.7 Å². The van der Waals surface area contributed by atoms with Crippen molar-refractivity contribution in [2.75, 3.05) is 29.0 Å². The van der Waals surface area contributed by atoms with Crippen LogP contribution in [0.4, 0.5) is 11.4 Å². The number of ether oxygens (including phenoxy) is 1. The van der Waals surface area contributed by atoms with Crippen molar-refractivity contribution in [3.05, 3.63) is 54.1 Å². The van der Waals surface area contributed by atoms with Gasteiger partial charge in [0.05, 0.1) is 18.6 Å². The Morgan fingerprint density at radius 1 is 1.04 bits per heavy atom. The molecule has 7 nitrogen and oxygen atoms in total. The summed E-state index contributed by atoms with van der Waals surface area (Å²) in [5.74, 6) is 0.0692. The van der Waals surface area contributed by atoms with E-state index in [9.17, 15) is 18.0 Å². The number of benzene rings is 2. The molecular weight excluding hydrogens is 368 g/mol. The molecule has 0 aliphatic rings. The second-order valence-corrected chi connectivity index (χ2v) is 7.79. The van der Waals surface area contributed by atoms with Gasteiger partial charge in [0, 0.05) is 11.3 Å². The maximum atomic E-state index is 12.3. The predicted octanol–water partition coefficient (Wildman–Crippen LogP) is 2.69. The van der Waals surface area contributed by atoms with Gasteiger partial charge in [-0.1, -0.05) is 0 Å². The number of ketones is 1. The summed E-state index contributed by atoms with van der Waals surface area (Å²) < 4.78 is 30.6. The number of nitrogens with zero attached hydrogens (tertiary/aromatic N) is 1. The minimum atomic E-state index is -3.68. The molecule has 27 heavy (non-hydrogen) atoms. The van der Waals surface area contributed by atoms with Crippen LogP contribution in [0.15, 0.2) is 48.5 Å². The van der Waals surface area contributed by atoms with Crippen LogP contribution in [-0.2, 0) is 14.8 Å². The van der Waals surface area contributed by atoms with Crippen LogP contribution in [-0.4, -0.2) is 39.5 Å². The molecule has 0 fully saturated rings. The molecule has 0 unspecified atom stereocenters. The van der Waals surface area contributed by atoms with Gasteiger partial charge in [-0.25, -0.2) is 8.42 Å². The highest BCUT2D eigenvalue weighted by molar-refractivity contribution is 7.92. The van der Waals surface area contributed by atoms with Gasteiger partial charge in [0.1, 0.15) is 12.3 Å². The van der Waals surface area contributed by atoms with Gasteiger partial charge in [0.2, 0.25) is 15.9 Å². The molecule has 0 heterocycles. The predicted molar refractivity (Wildman–Crippen MR) is 105 cm³/mol. The highest BCUT2D eigenvalue weighted by atomic mass is 32.2. The SMILES string of the molecule is CCOc1ccc(NC(=O)CN(c2ccc(C(C)=O)cc2)S(C)(=O)=O)cc1. The summed E-state index contributed by atoms with van der Waals surface area (Å²) in [7, 11) is -3.68. The van der Waals surface area contributed by atoms with Crippen LogP contribution in [0.3, 0.4) is 0 Å². The van der Waals surface area contributed by atoms with Gasteiger partial charge in [0.15, 0.2) is 5.78 Å². The third kappa shape index (κ3) is 5.82. The summed E-state index contributed by atoms with van der Waals surface area (Å²) in [6.45, 7) is 3.45. The maximum Gasteiger partial charge on any atom is 0.245 e. The van der Waals surface area contributed by atoms with E-state index >= 15 is 0 Å². The van der Waals surface area contributed by atoms with E-state index < -0.39 is 15.9 Å². The van der Waals surface area contributed by atoms with E-state index in [-0.39, 0.29) is 12.3 Å². The molecule has 0 radical (unpaired) electrons. The zero-order valence-corrected chi connectivity index (χ0v) is 16.2. The molecule has 0 saturated carbocycles. The first-order valence-corrected chi connectivity index (χ1v) is 10.2. The highest BCUT2D eigenvalue weighted by Gasteiger charge is 2.21. The molecule has 0 bridgehead atoms. The van der Waals surface area contributed by atoms with Crippen molar-refractivity contribution in [3.63, 3.8) is 0 Å². The van der Waals surface area contributed by atoms with Gasteiger partial charge < -0.3 is 10.1 Å². The van der Waals surface area contributed by atoms with Crippen LogP contribution >= 0.6 is 0 Å². The van der Waals surface area contributed by atoms with E-state index in [4.69, 9.17) is 4.74 Å². The number of nitrogens with one attached hydrogen (secondary N) is 1. The molecule has 0 saturated heterocycles. The van der Waals surface area contributed by atoms with E-state index in [0.29, 0.717) is 29.3 Å². The molecule has 0 aliphatic carbocycles. The standard InChI is InChI=1S/C19H22N2O5S/c1-4-26-18-11-7-16(8-12-18)20-19(23)13-21(27(3,24)25)17-9-5-15(6-10-17)14(2)22/h5-12H,4,13H2,1-3H3,(H,20,23). The topological polar surface area (TPSA) is 92.8 Å². The number of Topliss-reactive ketones (excluding diaryl/α,β-unsaturated/α-hetero) is 1. The second-order valence-electron chi connectivity index (χ2n) is 5.88. The number of sulfonamides is 1. The van der Waals surface area contributed by atoms with Gasteiger partial charge in [-0.15, -0.1) is 0 Å². The Morgan fingerprint density at radius 3 is 2.11 bits per heavy atom. The van der Waals surface area contributed by atoms with Crippen molar-refractivity contribution in [2.24, 2.45) is 0 Å². The van der Waals surface area contributed by atoms with E-state index in [1.54, 1.807) is 24.3 Å². The fraction of sp³-hybridized carbons (Fsp3) is 0.263. The van der Waals surface area contributed by atoms with Crippen molar-refractivity contribution in [2.45, 2.75) is 13.8 Å². The number of rotatable bonds is 8. The molecule has 8 heteroatoms. The summed E-state index contributed by atoms with van der Waals surface area (Å²) in [5, 5.41) is 2.66. The Morgan fingerprint density at radius 2 is 1.63 bits per heavy atom. The van der Waals surface area contributed by atoms with Crippen LogP contribution in [0.5, 0.6) is 5.75 Å². The number of hydrogen-bond acceptors (Lipinski definition) is 5. The van der Waals surface area contributed by atoms with E-state index in [0.717, 1.165) is 10.6 Å². The fourth-order valence-electron chi connectivity index (χ4n) is 2.39. The number of carbonyl (C=O) groups is 2. The summed E-state index contributed by atoms with van der Waals surface area (Å²) in [5.41, 5.74) is 1.30. The third-order valence-electron chi connectivity index (χ3n) is 3.70. The van der Waals surface area contributed by atoms with E-state index in [1.165, 1.54) is 31.2 Å². The lowest BCUT2D eigenvalue weighted by Crippen LogP contribution is -2.37. The minimum absolute atomic E-state index is 0.124. The average molecular weight is 390 g/mol. The fourth-order valence-corrected chi connectivity index (χ4v) is 3.25. The van der Waals surface area contributed by atoms with Crippen molar-refractivity contribution >= 4 is 33.1 Å². The normalized spacial score (nSPS) is 10.9. The first-order valence-electron chi connectivity index (χ1n) is 8.32. The first kappa shape index (κ1) is 20.4. The number of carbonyl (C=O) groups excluding carboxylic acids is 2. The lowest BCUT2D eigenvalue weighted by Gasteiger charge is -2.22. The summed E-state index contributed by atoms with van der Waals surface area (Å²) >= 11 is 0. The molecule has 0 aliphatic heterocycles. The van der Waals surface area contributed by atoms with Crippen molar-refractivity contribution in [1.29, 1.82) is 0 Å². The largest absolute Gasteiger partial charge is 0.494 e. The van der Waals surface area contributed by atoms with Gasteiger partial charge in [-0.3, -0.25) is 13.9 Å². The second kappa shape index (κ2) is 8.68. The monoisotopic (exact) mass is 390 g/mol.